The van der Waals surface area contributed by atoms with E-state index in [1.165, 1.54) is 49.2 Å². The van der Waals surface area contributed by atoms with Crippen molar-refractivity contribution in [3.63, 3.8) is 0 Å². The molecule has 1 amide bonds. The lowest BCUT2D eigenvalue weighted by Crippen LogP contribution is -2.48. The van der Waals surface area contributed by atoms with Crippen LogP contribution in [-0.2, 0) is 0 Å². The highest BCUT2D eigenvalue weighted by atomic mass is 32.2. The molecule has 9 nitrogen and oxygen atoms in total. The maximum absolute atomic E-state index is 13.2. The van der Waals surface area contributed by atoms with Crippen LogP contribution in [-0.4, -0.2) is 77.4 Å². The van der Waals surface area contributed by atoms with Crippen LogP contribution in [0.15, 0.2) is 35.7 Å². The van der Waals surface area contributed by atoms with Gasteiger partial charge < -0.3 is 19.6 Å². The van der Waals surface area contributed by atoms with Gasteiger partial charge in [-0.1, -0.05) is 0 Å². The summed E-state index contributed by atoms with van der Waals surface area (Å²) in [6.45, 7) is 6.85. The number of amides is 1. The van der Waals surface area contributed by atoms with Gasteiger partial charge >= 0.3 is 5.24 Å². The first-order valence-electron chi connectivity index (χ1n) is 13.2. The first-order valence-corrected chi connectivity index (χ1v) is 14.9. The molecule has 2 aromatic heterocycles. The Bertz CT molecular complexity index is 1220. The van der Waals surface area contributed by atoms with Crippen LogP contribution in [0, 0.1) is 5.82 Å². The number of aromatic nitrogens is 3. The molecule has 3 saturated heterocycles. The van der Waals surface area contributed by atoms with Crippen molar-refractivity contribution in [3.8, 4) is 11.3 Å². The number of piperazine rings is 1. The summed E-state index contributed by atoms with van der Waals surface area (Å²) < 4.78 is 16.3. The Balaban J connectivity index is 1.06. The van der Waals surface area contributed by atoms with E-state index in [1.807, 2.05) is 10.3 Å². The van der Waals surface area contributed by atoms with E-state index in [0.717, 1.165) is 80.1 Å². The third-order valence-corrected chi connectivity index (χ3v) is 8.85. The van der Waals surface area contributed by atoms with Crippen LogP contribution in [0.1, 0.15) is 25.7 Å². The quantitative estimate of drug-likeness (QED) is 0.426. The fourth-order valence-electron chi connectivity index (χ4n) is 5.08. The molecule has 1 aromatic carbocycles. The zero-order chi connectivity index (χ0) is 25.9. The lowest BCUT2D eigenvalue weighted by Gasteiger charge is -2.35. The molecule has 0 radical (unpaired) electrons. The van der Waals surface area contributed by atoms with E-state index in [4.69, 9.17) is 9.97 Å². The normalized spacial score (nSPS) is 17.9. The minimum Gasteiger partial charge on any atom is -0.356 e. The third kappa shape index (κ3) is 5.65. The van der Waals surface area contributed by atoms with E-state index in [0.29, 0.717) is 18.2 Å². The van der Waals surface area contributed by atoms with Crippen LogP contribution >= 0.6 is 23.3 Å². The summed E-state index contributed by atoms with van der Waals surface area (Å²) in [4.78, 5) is 36.1. The lowest BCUT2D eigenvalue weighted by molar-refractivity contribution is 0.219. The molecule has 5 heterocycles. The SMILES string of the molecule is O=C(SNc1nc(-c2ccc(F)cc2)cs1)N1CCN(c2cc(N3CCCC3)nc(N3CCCC3)n2)CC1. The molecular formula is C26H31FN8OS2. The largest absolute Gasteiger partial charge is 0.356 e. The number of halogens is 1. The summed E-state index contributed by atoms with van der Waals surface area (Å²) >= 11 is 2.47. The maximum Gasteiger partial charge on any atom is 0.302 e. The van der Waals surface area contributed by atoms with Gasteiger partial charge in [0.15, 0.2) is 5.13 Å². The lowest BCUT2D eigenvalue weighted by atomic mass is 10.2. The number of benzene rings is 1. The number of hydrogen-bond donors (Lipinski definition) is 1. The predicted octanol–water partition coefficient (Wildman–Crippen LogP) is 4.94. The van der Waals surface area contributed by atoms with Crippen LogP contribution in [0.2, 0.25) is 0 Å². The molecule has 0 spiro atoms. The molecule has 200 valence electrons. The minimum atomic E-state index is -0.276. The fraction of sp³-hybridized carbons (Fsp3) is 0.462. The molecule has 6 rings (SSSR count). The number of thiazole rings is 1. The van der Waals surface area contributed by atoms with Crippen LogP contribution in [0.4, 0.5) is 31.9 Å². The molecule has 3 aliphatic heterocycles. The monoisotopic (exact) mass is 554 g/mol. The maximum atomic E-state index is 13.2. The number of carbonyl (C=O) groups excluding carboxylic acids is 1. The second-order valence-electron chi connectivity index (χ2n) is 9.76. The molecule has 12 heteroatoms. The smallest absolute Gasteiger partial charge is 0.302 e. The van der Waals surface area contributed by atoms with Gasteiger partial charge in [0, 0.05) is 81.3 Å². The summed E-state index contributed by atoms with van der Waals surface area (Å²) in [6.07, 6.45) is 4.79. The van der Waals surface area contributed by atoms with E-state index in [1.54, 1.807) is 12.1 Å². The van der Waals surface area contributed by atoms with Crippen LogP contribution in [0.25, 0.3) is 11.3 Å². The van der Waals surface area contributed by atoms with Gasteiger partial charge in [0.05, 0.1) is 5.69 Å². The first-order chi connectivity index (χ1) is 18.6. The molecule has 3 aliphatic rings. The van der Waals surface area contributed by atoms with E-state index in [9.17, 15) is 9.18 Å². The van der Waals surface area contributed by atoms with Crippen molar-refractivity contribution < 1.29 is 9.18 Å². The summed E-state index contributed by atoms with van der Waals surface area (Å²) in [5.41, 5.74) is 1.60. The molecular weight excluding hydrogens is 523 g/mol. The number of carbonyl (C=O) groups is 1. The zero-order valence-electron chi connectivity index (χ0n) is 21.2. The second-order valence-corrected chi connectivity index (χ2v) is 11.4. The summed E-state index contributed by atoms with van der Waals surface area (Å²) in [5.74, 6) is 2.54. The highest BCUT2D eigenvalue weighted by molar-refractivity contribution is 8.14. The van der Waals surface area contributed by atoms with Crippen LogP contribution in [0.5, 0.6) is 0 Å². The minimum absolute atomic E-state index is 0.0265. The van der Waals surface area contributed by atoms with Gasteiger partial charge in [-0.15, -0.1) is 11.3 Å². The number of hydrogen-bond acceptors (Lipinski definition) is 10. The first kappa shape index (κ1) is 25.2. The van der Waals surface area contributed by atoms with E-state index >= 15 is 0 Å². The Morgan fingerprint density at radius 3 is 2.08 bits per heavy atom. The molecule has 0 unspecified atom stereocenters. The average Bonchev–Trinajstić information content (AvgIpc) is 3.75. The Morgan fingerprint density at radius 2 is 1.42 bits per heavy atom. The van der Waals surface area contributed by atoms with Crippen molar-refractivity contribution in [2.24, 2.45) is 0 Å². The Kier molecular flexibility index (Phi) is 7.50. The molecule has 0 aliphatic carbocycles. The molecule has 38 heavy (non-hydrogen) atoms. The Morgan fingerprint density at radius 1 is 0.816 bits per heavy atom. The Labute approximate surface area is 230 Å². The number of rotatable bonds is 6. The highest BCUT2D eigenvalue weighted by Gasteiger charge is 2.26. The van der Waals surface area contributed by atoms with Crippen molar-refractivity contribution in [3.05, 3.63) is 41.5 Å². The third-order valence-electron chi connectivity index (χ3n) is 7.24. The second kappa shape index (κ2) is 11.3. The van der Waals surface area contributed by atoms with E-state index in [-0.39, 0.29) is 11.1 Å². The van der Waals surface area contributed by atoms with Gasteiger partial charge in [-0.3, -0.25) is 9.52 Å². The summed E-state index contributed by atoms with van der Waals surface area (Å²) in [7, 11) is 0. The molecule has 3 fully saturated rings. The van der Waals surface area contributed by atoms with E-state index in [2.05, 4.69) is 30.5 Å². The van der Waals surface area contributed by atoms with Gasteiger partial charge in [0.1, 0.15) is 17.5 Å². The molecule has 1 N–H and O–H groups in total. The van der Waals surface area contributed by atoms with E-state index < -0.39 is 0 Å². The average molecular weight is 555 g/mol. The van der Waals surface area contributed by atoms with Crippen molar-refractivity contribution >= 4 is 51.2 Å². The number of nitrogens with zero attached hydrogens (tertiary/aromatic N) is 7. The van der Waals surface area contributed by atoms with Crippen LogP contribution < -0.4 is 19.4 Å². The molecule has 0 bridgehead atoms. The molecule has 0 atom stereocenters. The molecule has 0 saturated carbocycles. The van der Waals surface area contributed by atoms with Crippen molar-refractivity contribution in [1.82, 2.24) is 19.9 Å². The van der Waals surface area contributed by atoms with Gasteiger partial charge in [-0.05, 0) is 49.9 Å². The predicted molar refractivity (Wildman–Crippen MR) is 153 cm³/mol. The van der Waals surface area contributed by atoms with Gasteiger partial charge in [-0.25, -0.2) is 9.37 Å². The topological polar surface area (TPSA) is 80.7 Å². The summed E-state index contributed by atoms with van der Waals surface area (Å²) in [5, 5.41) is 2.51. The standard InChI is InChI=1S/C26H31FN8OS2/c27-20-7-5-19(6-8-20)21-18-37-25(28-21)31-38-26(36)35-15-13-33(14-16-35)23-17-22(32-9-1-2-10-32)29-24(30-23)34-11-3-4-12-34/h5-8,17-18H,1-4,9-16H2,(H,28,31). The van der Waals surface area contributed by atoms with Gasteiger partial charge in [0.2, 0.25) is 5.95 Å². The van der Waals surface area contributed by atoms with Crippen molar-refractivity contribution in [2.75, 3.05) is 71.8 Å². The van der Waals surface area contributed by atoms with Crippen LogP contribution in [0.3, 0.4) is 0 Å². The Hall–Kier alpha value is -3.12. The number of nitrogens with one attached hydrogen (secondary N) is 1. The van der Waals surface area contributed by atoms with Gasteiger partial charge in [-0.2, -0.15) is 9.97 Å². The molecule has 3 aromatic rings. The summed E-state index contributed by atoms with van der Waals surface area (Å²) in [6, 6.07) is 8.36. The zero-order valence-corrected chi connectivity index (χ0v) is 22.8. The number of anilines is 4. The highest BCUT2D eigenvalue weighted by Crippen LogP contribution is 2.29. The van der Waals surface area contributed by atoms with Crippen molar-refractivity contribution in [2.45, 2.75) is 25.7 Å². The van der Waals surface area contributed by atoms with Gasteiger partial charge in [0.25, 0.3) is 0 Å². The van der Waals surface area contributed by atoms with Crippen molar-refractivity contribution in [1.29, 1.82) is 0 Å². The fourth-order valence-corrected chi connectivity index (χ4v) is 6.50.